The summed E-state index contributed by atoms with van der Waals surface area (Å²) in [6.07, 6.45) is 5.88. The standard InChI is InChI=1S/C19H44N4O/c1-4-6-22-15-19(9-16(3)12-20)11-18(13-21)10-17(5-2)14-23-7-8-24/h16-19,22-24H,4-15,20-21H2,1-3H3. The SMILES string of the molecule is CCCNCC(CC(C)CN)CC(CN)CC(CC)CNCCO. The zero-order valence-corrected chi connectivity index (χ0v) is 16.4. The van der Waals surface area contributed by atoms with Gasteiger partial charge in [0, 0.05) is 6.54 Å². The lowest BCUT2D eigenvalue weighted by Gasteiger charge is -2.28. The smallest absolute Gasteiger partial charge is 0.0555 e. The summed E-state index contributed by atoms with van der Waals surface area (Å²) < 4.78 is 0. The fourth-order valence-electron chi connectivity index (χ4n) is 3.42. The molecule has 0 aromatic carbocycles. The van der Waals surface area contributed by atoms with Crippen molar-refractivity contribution in [3.8, 4) is 0 Å². The predicted octanol–water partition coefficient (Wildman–Crippen LogP) is 1.55. The molecule has 24 heavy (non-hydrogen) atoms. The Labute approximate surface area is 150 Å². The van der Waals surface area contributed by atoms with E-state index in [-0.39, 0.29) is 6.61 Å². The van der Waals surface area contributed by atoms with Gasteiger partial charge in [-0.15, -0.1) is 0 Å². The van der Waals surface area contributed by atoms with Crippen LogP contribution in [0.1, 0.15) is 52.9 Å². The Morgan fingerprint density at radius 3 is 2.00 bits per heavy atom. The minimum Gasteiger partial charge on any atom is -0.395 e. The number of rotatable bonds is 17. The van der Waals surface area contributed by atoms with E-state index in [0.29, 0.717) is 30.2 Å². The summed E-state index contributed by atoms with van der Waals surface area (Å²) in [6, 6.07) is 0. The van der Waals surface area contributed by atoms with Crippen molar-refractivity contribution in [1.29, 1.82) is 0 Å². The molecule has 4 atom stereocenters. The molecule has 4 unspecified atom stereocenters. The molecular formula is C19H44N4O. The maximum Gasteiger partial charge on any atom is 0.0555 e. The lowest BCUT2D eigenvalue weighted by Crippen LogP contribution is -2.32. The summed E-state index contributed by atoms with van der Waals surface area (Å²) in [6.45, 7) is 12.3. The van der Waals surface area contributed by atoms with Gasteiger partial charge in [-0.3, -0.25) is 0 Å². The van der Waals surface area contributed by atoms with E-state index < -0.39 is 0 Å². The van der Waals surface area contributed by atoms with Gasteiger partial charge in [0.2, 0.25) is 0 Å². The van der Waals surface area contributed by atoms with Crippen LogP contribution in [0.25, 0.3) is 0 Å². The Kier molecular flexibility index (Phi) is 16.1. The summed E-state index contributed by atoms with van der Waals surface area (Å²) in [7, 11) is 0. The normalized spacial score (nSPS) is 16.8. The van der Waals surface area contributed by atoms with Crippen LogP contribution in [0.5, 0.6) is 0 Å². The highest BCUT2D eigenvalue weighted by Crippen LogP contribution is 2.25. The largest absolute Gasteiger partial charge is 0.395 e. The third-order valence-electron chi connectivity index (χ3n) is 4.96. The summed E-state index contributed by atoms with van der Waals surface area (Å²) in [5.74, 6) is 2.45. The molecule has 5 nitrogen and oxygen atoms in total. The number of aliphatic hydroxyl groups excluding tert-OH is 1. The number of hydrogen-bond acceptors (Lipinski definition) is 5. The first-order valence-electron chi connectivity index (χ1n) is 10.0. The van der Waals surface area contributed by atoms with Crippen molar-refractivity contribution in [3.05, 3.63) is 0 Å². The molecule has 0 aromatic rings. The van der Waals surface area contributed by atoms with Crippen LogP contribution in [0.3, 0.4) is 0 Å². The highest BCUT2D eigenvalue weighted by atomic mass is 16.3. The fourth-order valence-corrected chi connectivity index (χ4v) is 3.42. The lowest BCUT2D eigenvalue weighted by atomic mass is 9.82. The molecule has 7 N–H and O–H groups in total. The second kappa shape index (κ2) is 16.3. The molecule has 5 heteroatoms. The van der Waals surface area contributed by atoms with E-state index in [1.165, 1.54) is 25.7 Å². The van der Waals surface area contributed by atoms with Crippen molar-refractivity contribution in [1.82, 2.24) is 10.6 Å². The Morgan fingerprint density at radius 2 is 1.46 bits per heavy atom. The molecule has 0 aliphatic heterocycles. The molecule has 0 radical (unpaired) electrons. The van der Waals surface area contributed by atoms with Gasteiger partial charge in [-0.05, 0) is 82.1 Å². The molecule has 0 bridgehead atoms. The highest BCUT2D eigenvalue weighted by molar-refractivity contribution is 4.75. The maximum absolute atomic E-state index is 8.91. The first kappa shape index (κ1) is 23.8. The Balaban J connectivity index is 4.47. The van der Waals surface area contributed by atoms with Crippen LogP contribution < -0.4 is 22.1 Å². The van der Waals surface area contributed by atoms with Crippen molar-refractivity contribution < 1.29 is 5.11 Å². The van der Waals surface area contributed by atoms with E-state index in [1.807, 2.05) is 0 Å². The van der Waals surface area contributed by atoms with Gasteiger partial charge in [-0.25, -0.2) is 0 Å². The second-order valence-electron chi connectivity index (χ2n) is 7.42. The molecule has 0 spiro atoms. The quantitative estimate of drug-likeness (QED) is 0.258. The van der Waals surface area contributed by atoms with E-state index in [1.54, 1.807) is 0 Å². The second-order valence-corrected chi connectivity index (χ2v) is 7.42. The highest BCUT2D eigenvalue weighted by Gasteiger charge is 2.20. The average molecular weight is 345 g/mol. The molecule has 0 rings (SSSR count). The Morgan fingerprint density at radius 1 is 0.833 bits per heavy atom. The molecule has 0 saturated carbocycles. The van der Waals surface area contributed by atoms with E-state index >= 15 is 0 Å². The van der Waals surface area contributed by atoms with Crippen molar-refractivity contribution in [2.24, 2.45) is 35.1 Å². The van der Waals surface area contributed by atoms with Crippen LogP contribution in [0.2, 0.25) is 0 Å². The number of nitrogens with one attached hydrogen (secondary N) is 2. The molecule has 146 valence electrons. The lowest BCUT2D eigenvalue weighted by molar-refractivity contribution is 0.256. The van der Waals surface area contributed by atoms with Crippen molar-refractivity contribution >= 4 is 0 Å². The number of hydrogen-bond donors (Lipinski definition) is 5. The van der Waals surface area contributed by atoms with Crippen LogP contribution in [0.4, 0.5) is 0 Å². The number of aliphatic hydroxyl groups is 1. The molecule has 0 aliphatic rings. The maximum atomic E-state index is 8.91. The minimum absolute atomic E-state index is 0.207. The van der Waals surface area contributed by atoms with E-state index in [2.05, 4.69) is 31.4 Å². The molecule has 0 saturated heterocycles. The Bertz CT molecular complexity index is 266. The third kappa shape index (κ3) is 12.2. The van der Waals surface area contributed by atoms with Gasteiger partial charge in [-0.1, -0.05) is 27.2 Å². The summed E-state index contributed by atoms with van der Waals surface area (Å²) in [5.41, 5.74) is 11.9. The van der Waals surface area contributed by atoms with Crippen LogP contribution in [-0.2, 0) is 0 Å². The molecule has 0 aromatic heterocycles. The first-order chi connectivity index (χ1) is 11.6. The number of nitrogens with two attached hydrogens (primary N) is 2. The van der Waals surface area contributed by atoms with Crippen molar-refractivity contribution in [2.45, 2.75) is 52.9 Å². The zero-order chi connectivity index (χ0) is 18.2. The fraction of sp³-hybridized carbons (Fsp3) is 1.00. The van der Waals surface area contributed by atoms with E-state index in [4.69, 9.17) is 16.6 Å². The van der Waals surface area contributed by atoms with Gasteiger partial charge in [0.15, 0.2) is 0 Å². The third-order valence-corrected chi connectivity index (χ3v) is 4.96. The first-order valence-corrected chi connectivity index (χ1v) is 10.0. The van der Waals surface area contributed by atoms with E-state index in [9.17, 15) is 0 Å². The van der Waals surface area contributed by atoms with Crippen molar-refractivity contribution in [2.75, 3.05) is 45.9 Å². The van der Waals surface area contributed by atoms with E-state index in [0.717, 1.165) is 39.1 Å². The average Bonchev–Trinajstić information content (AvgIpc) is 2.59. The summed E-state index contributed by atoms with van der Waals surface area (Å²) >= 11 is 0. The van der Waals surface area contributed by atoms with Crippen LogP contribution in [-0.4, -0.2) is 51.0 Å². The van der Waals surface area contributed by atoms with Crippen molar-refractivity contribution in [3.63, 3.8) is 0 Å². The van der Waals surface area contributed by atoms with Gasteiger partial charge in [0.1, 0.15) is 0 Å². The van der Waals surface area contributed by atoms with Gasteiger partial charge in [-0.2, -0.15) is 0 Å². The van der Waals surface area contributed by atoms with Crippen LogP contribution in [0.15, 0.2) is 0 Å². The molecule has 0 amide bonds. The van der Waals surface area contributed by atoms with Crippen LogP contribution >= 0.6 is 0 Å². The molecule has 0 aliphatic carbocycles. The van der Waals surface area contributed by atoms with Gasteiger partial charge in [0.05, 0.1) is 6.61 Å². The topological polar surface area (TPSA) is 96.3 Å². The summed E-state index contributed by atoms with van der Waals surface area (Å²) in [4.78, 5) is 0. The van der Waals surface area contributed by atoms with Gasteiger partial charge < -0.3 is 27.2 Å². The molecular weight excluding hydrogens is 300 g/mol. The molecule has 0 fully saturated rings. The molecule has 0 heterocycles. The van der Waals surface area contributed by atoms with Gasteiger partial charge in [0.25, 0.3) is 0 Å². The van der Waals surface area contributed by atoms with Crippen LogP contribution in [0, 0.1) is 23.7 Å². The monoisotopic (exact) mass is 344 g/mol. The zero-order valence-electron chi connectivity index (χ0n) is 16.4. The summed E-state index contributed by atoms with van der Waals surface area (Å²) in [5, 5.41) is 15.8. The van der Waals surface area contributed by atoms with Gasteiger partial charge >= 0.3 is 0 Å². The Hall–Kier alpha value is -0.200. The predicted molar refractivity (Wildman–Crippen MR) is 105 cm³/mol. The minimum atomic E-state index is 0.207.